The van der Waals surface area contributed by atoms with Crippen molar-refractivity contribution in [2.24, 2.45) is 0 Å². The zero-order valence-corrected chi connectivity index (χ0v) is 27.1. The number of rotatable bonds is 13. The van der Waals surface area contributed by atoms with E-state index < -0.39 is 41.7 Å². The number of hydrogen-bond donors (Lipinski definition) is 3. The molecular weight excluding hydrogens is 622 g/mol. The Bertz CT molecular complexity index is 1780. The molecule has 0 bridgehead atoms. The van der Waals surface area contributed by atoms with Crippen LogP contribution in [0.1, 0.15) is 64.8 Å². The number of hydrogen-bond acceptors (Lipinski definition) is 7. The smallest absolute Gasteiger partial charge is 0.337 e. The molecule has 1 amide bonds. The van der Waals surface area contributed by atoms with Crippen LogP contribution in [0.2, 0.25) is 0 Å². The lowest BCUT2D eigenvalue weighted by Gasteiger charge is -2.17. The molecule has 0 aliphatic carbocycles. The molecule has 0 aliphatic rings. The van der Waals surface area contributed by atoms with E-state index in [2.05, 4.69) is 14.8 Å². The third-order valence-corrected chi connectivity index (χ3v) is 7.70. The van der Waals surface area contributed by atoms with E-state index in [1.807, 2.05) is 44.2 Å². The van der Waals surface area contributed by atoms with E-state index in [4.69, 9.17) is 0 Å². The third-order valence-electron chi connectivity index (χ3n) is 7.70. The van der Waals surface area contributed by atoms with Gasteiger partial charge < -0.3 is 29.6 Å². The highest BCUT2D eigenvalue weighted by Crippen LogP contribution is 2.42. The average Bonchev–Trinajstić information content (AvgIpc) is 3.42. The minimum Gasteiger partial charge on any atom is -0.469 e. The van der Waals surface area contributed by atoms with Gasteiger partial charge in [0.1, 0.15) is 17.3 Å². The minimum absolute atomic E-state index is 0.0329. The predicted molar refractivity (Wildman–Crippen MR) is 177 cm³/mol. The summed E-state index contributed by atoms with van der Waals surface area (Å²) in [5.74, 6) is -2.98. The lowest BCUT2D eigenvalue weighted by Crippen LogP contribution is -2.27. The van der Waals surface area contributed by atoms with Crippen LogP contribution < -0.4 is 5.32 Å². The highest BCUT2D eigenvalue weighted by Gasteiger charge is 2.29. The van der Waals surface area contributed by atoms with Gasteiger partial charge in [0.15, 0.2) is 0 Å². The van der Waals surface area contributed by atoms with Gasteiger partial charge in [-0.1, -0.05) is 54.6 Å². The summed E-state index contributed by atoms with van der Waals surface area (Å²) < 4.78 is 40.1. The van der Waals surface area contributed by atoms with E-state index in [-0.39, 0.29) is 42.2 Å². The molecule has 48 heavy (non-hydrogen) atoms. The molecule has 0 spiro atoms. The summed E-state index contributed by atoms with van der Waals surface area (Å²) in [6, 6.07) is 18.5. The number of halogens is 2. The molecule has 0 saturated heterocycles. The molecule has 0 saturated carbocycles. The number of aromatic nitrogens is 1. The summed E-state index contributed by atoms with van der Waals surface area (Å²) in [6.07, 6.45) is 0.306. The number of nitrogens with one attached hydrogen (secondary N) is 1. The second-order valence-corrected chi connectivity index (χ2v) is 11.4. The Morgan fingerprint density at radius 2 is 1.56 bits per heavy atom. The van der Waals surface area contributed by atoms with Crippen LogP contribution in [0.4, 0.5) is 8.78 Å². The minimum atomic E-state index is -1.17. The van der Waals surface area contributed by atoms with Gasteiger partial charge in [-0.05, 0) is 55.3 Å². The maximum atomic E-state index is 15.0. The summed E-state index contributed by atoms with van der Waals surface area (Å²) in [5.41, 5.74) is 3.30. The van der Waals surface area contributed by atoms with Crippen LogP contribution in [0.25, 0.3) is 28.3 Å². The Labute approximate surface area is 277 Å². The number of nitrogens with zero attached hydrogens (tertiary/aromatic N) is 1. The fourth-order valence-electron chi connectivity index (χ4n) is 5.44. The molecule has 11 heteroatoms. The number of carbonyl (C=O) groups is 3. The van der Waals surface area contributed by atoms with Crippen molar-refractivity contribution in [2.75, 3.05) is 14.2 Å². The quantitative estimate of drug-likeness (QED) is 0.148. The number of ether oxygens (including phenoxy) is 2. The first kappa shape index (κ1) is 35.7. The van der Waals surface area contributed by atoms with E-state index in [1.165, 1.54) is 44.6 Å². The Kier molecular flexibility index (Phi) is 12.0. The summed E-state index contributed by atoms with van der Waals surface area (Å²) in [5, 5.41) is 23.9. The molecule has 1 heterocycles. The Balaban J connectivity index is 1.86. The molecule has 3 N–H and O–H groups in total. The molecule has 0 radical (unpaired) electrons. The number of carbonyl (C=O) groups excluding carboxylic acids is 3. The normalized spacial score (nSPS) is 12.6. The monoisotopic (exact) mass is 660 g/mol. The molecule has 2 atom stereocenters. The fraction of sp³-hybridized carbons (Fsp3) is 0.270. The Morgan fingerprint density at radius 1 is 0.896 bits per heavy atom. The number of amides is 1. The van der Waals surface area contributed by atoms with Gasteiger partial charge in [-0.25, -0.2) is 13.6 Å². The van der Waals surface area contributed by atoms with E-state index >= 15 is 0 Å². The first-order chi connectivity index (χ1) is 22.9. The summed E-state index contributed by atoms with van der Waals surface area (Å²) in [4.78, 5) is 37.6. The largest absolute Gasteiger partial charge is 0.469 e. The van der Waals surface area contributed by atoms with E-state index in [0.29, 0.717) is 27.9 Å². The number of aliphatic hydroxyl groups is 2. The van der Waals surface area contributed by atoms with Gasteiger partial charge in [-0.3, -0.25) is 9.59 Å². The predicted octanol–water partition coefficient (Wildman–Crippen LogP) is 6.09. The molecule has 1 aromatic heterocycles. The molecule has 3 aromatic carbocycles. The first-order valence-corrected chi connectivity index (χ1v) is 15.3. The van der Waals surface area contributed by atoms with Crippen LogP contribution in [-0.4, -0.2) is 59.1 Å². The van der Waals surface area contributed by atoms with Crippen LogP contribution in [-0.2, 0) is 20.8 Å². The lowest BCUT2D eigenvalue weighted by molar-refractivity contribution is -0.143. The van der Waals surface area contributed by atoms with Crippen molar-refractivity contribution >= 4 is 23.9 Å². The van der Waals surface area contributed by atoms with Crippen LogP contribution >= 0.6 is 0 Å². The van der Waals surface area contributed by atoms with E-state index in [9.17, 15) is 33.4 Å². The average molecular weight is 661 g/mol. The Morgan fingerprint density at radius 3 is 2.17 bits per heavy atom. The van der Waals surface area contributed by atoms with Crippen molar-refractivity contribution in [1.82, 2.24) is 9.88 Å². The lowest BCUT2D eigenvalue weighted by atomic mass is 9.94. The molecular formula is C37H38F2N2O7. The molecule has 0 fully saturated rings. The van der Waals surface area contributed by atoms with Gasteiger partial charge >= 0.3 is 11.9 Å². The Hall–Kier alpha value is -5.13. The van der Waals surface area contributed by atoms with Gasteiger partial charge in [0.05, 0.1) is 38.4 Å². The van der Waals surface area contributed by atoms with Gasteiger partial charge in [0, 0.05) is 41.4 Å². The standard InChI is InChI=1S/C37H38F2N2O7/c1-22(2)41-31(17-16-28(42)19-29(43)20-32(44)47-3)33(24-12-14-27(38)15-13-24)34(23-8-6-5-7-9-23)35(41)36(45)40-21-26-11-10-25(18-30(26)39)37(46)48-4/h5-18,22,28-29,42-43H,19-21H2,1-4H3,(H,40,45)/b17-16+/t28-,29-/m1/s1. The molecule has 252 valence electrons. The van der Waals surface area contributed by atoms with Gasteiger partial charge in [0.2, 0.25) is 0 Å². The van der Waals surface area contributed by atoms with Gasteiger partial charge in [-0.2, -0.15) is 0 Å². The van der Waals surface area contributed by atoms with Crippen LogP contribution in [0.3, 0.4) is 0 Å². The topological polar surface area (TPSA) is 127 Å². The number of methoxy groups -OCH3 is 2. The summed E-state index contributed by atoms with van der Waals surface area (Å²) >= 11 is 0. The van der Waals surface area contributed by atoms with Crippen LogP contribution in [0.5, 0.6) is 0 Å². The van der Waals surface area contributed by atoms with Crippen molar-refractivity contribution in [1.29, 1.82) is 0 Å². The summed E-state index contributed by atoms with van der Waals surface area (Å²) in [6.45, 7) is 3.55. The van der Waals surface area contributed by atoms with Crippen molar-refractivity contribution in [2.45, 2.75) is 51.5 Å². The molecule has 0 unspecified atom stereocenters. The maximum absolute atomic E-state index is 15.0. The zero-order valence-electron chi connectivity index (χ0n) is 27.1. The molecule has 9 nitrogen and oxygen atoms in total. The fourth-order valence-corrected chi connectivity index (χ4v) is 5.44. The van der Waals surface area contributed by atoms with Gasteiger partial charge in [0.25, 0.3) is 5.91 Å². The second-order valence-electron chi connectivity index (χ2n) is 11.4. The SMILES string of the molecule is COC(=O)C[C@H](O)C[C@H](O)/C=C/c1c(-c2ccc(F)cc2)c(-c2ccccc2)c(C(=O)NCc2ccc(C(=O)OC)cc2F)n1C(C)C. The summed E-state index contributed by atoms with van der Waals surface area (Å²) in [7, 11) is 2.40. The maximum Gasteiger partial charge on any atom is 0.337 e. The molecule has 4 rings (SSSR count). The van der Waals surface area contributed by atoms with Crippen molar-refractivity contribution in [3.63, 3.8) is 0 Å². The van der Waals surface area contributed by atoms with Crippen molar-refractivity contribution in [3.8, 4) is 22.3 Å². The first-order valence-electron chi connectivity index (χ1n) is 15.3. The molecule has 4 aromatic rings. The van der Waals surface area contributed by atoms with E-state index in [1.54, 1.807) is 22.8 Å². The van der Waals surface area contributed by atoms with Crippen LogP contribution in [0, 0.1) is 11.6 Å². The number of benzene rings is 3. The van der Waals surface area contributed by atoms with E-state index in [0.717, 1.165) is 6.07 Å². The number of esters is 2. The second kappa shape index (κ2) is 16.1. The molecule has 0 aliphatic heterocycles. The van der Waals surface area contributed by atoms with Crippen LogP contribution in [0.15, 0.2) is 78.9 Å². The van der Waals surface area contributed by atoms with Gasteiger partial charge in [-0.15, -0.1) is 0 Å². The van der Waals surface area contributed by atoms with Crippen molar-refractivity contribution < 1.29 is 42.9 Å². The number of aliphatic hydroxyl groups excluding tert-OH is 2. The third kappa shape index (κ3) is 8.41. The zero-order chi connectivity index (χ0) is 35.0. The highest BCUT2D eigenvalue weighted by atomic mass is 19.1. The highest BCUT2D eigenvalue weighted by molar-refractivity contribution is 6.06. The van der Waals surface area contributed by atoms with Crippen molar-refractivity contribution in [3.05, 3.63) is 113 Å².